The van der Waals surface area contributed by atoms with Crippen molar-refractivity contribution in [1.29, 1.82) is 0 Å². The fraction of sp³-hybridized carbons (Fsp3) is 0.545. The molecule has 0 amide bonds. The maximum atomic E-state index is 13.4. The summed E-state index contributed by atoms with van der Waals surface area (Å²) in [5.41, 5.74) is -1.51. The van der Waals surface area contributed by atoms with E-state index >= 15 is 0 Å². The number of rotatable bonds is 5. The molecule has 0 radical (unpaired) electrons. The Bertz CT molecular complexity index is 1260. The van der Waals surface area contributed by atoms with Crippen molar-refractivity contribution in [2.24, 2.45) is 23.2 Å². The van der Waals surface area contributed by atoms with E-state index in [1.807, 2.05) is 13.8 Å². The Morgan fingerprint density at radius 3 is 2.07 bits per heavy atom. The van der Waals surface area contributed by atoms with E-state index in [0.717, 1.165) is 0 Å². The normalized spacial score (nSPS) is 33.0. The van der Waals surface area contributed by atoms with E-state index in [2.05, 4.69) is 0 Å². The molecule has 3 rings (SSSR count). The molecule has 1 aromatic rings. The Balaban J connectivity index is 2.29. The molecule has 9 heteroatoms. The molecule has 1 unspecified atom stereocenters. The smallest absolute Gasteiger partial charge is 0.338 e. The van der Waals surface area contributed by atoms with Gasteiger partial charge in [-0.3, -0.25) is 19.2 Å². The molecule has 2 aliphatic rings. The third kappa shape index (κ3) is 7.36. The number of carbonyl (C=O) groups excluding carboxylic acids is 5. The molecule has 0 saturated heterocycles. The average molecular weight is 583 g/mol. The van der Waals surface area contributed by atoms with Gasteiger partial charge >= 0.3 is 23.9 Å². The number of fused-ring (bicyclic) bond motifs is 1. The Labute approximate surface area is 247 Å². The summed E-state index contributed by atoms with van der Waals surface area (Å²) in [7, 11) is 0. The minimum Gasteiger partial charge on any atom is -0.458 e. The van der Waals surface area contributed by atoms with Crippen LogP contribution in [0.5, 0.6) is 0 Å². The summed E-state index contributed by atoms with van der Waals surface area (Å²) in [4.78, 5) is 64.0. The molecule has 0 N–H and O–H groups in total. The number of allylic oxidation sites excluding steroid dienone is 1. The Hall–Kier alpha value is -3.75. The number of hydrogen-bond donors (Lipinski definition) is 0. The van der Waals surface area contributed by atoms with Gasteiger partial charge in [0, 0.05) is 38.5 Å². The van der Waals surface area contributed by atoms with Gasteiger partial charge in [-0.1, -0.05) is 50.3 Å². The van der Waals surface area contributed by atoms with E-state index in [1.165, 1.54) is 20.8 Å². The molecule has 1 aromatic carbocycles. The number of carbonyl (C=O) groups is 5. The van der Waals surface area contributed by atoms with Crippen molar-refractivity contribution < 1.29 is 42.9 Å². The second-order valence-electron chi connectivity index (χ2n) is 12.1. The molecule has 42 heavy (non-hydrogen) atoms. The van der Waals surface area contributed by atoms with Crippen molar-refractivity contribution in [2.75, 3.05) is 0 Å². The van der Waals surface area contributed by atoms with Crippen LogP contribution in [0, 0.1) is 23.2 Å². The first kappa shape index (κ1) is 32.8. The molecule has 0 heterocycles. The third-order valence-corrected chi connectivity index (χ3v) is 8.12. The zero-order valence-electron chi connectivity index (χ0n) is 25.7. The predicted octanol–water partition coefficient (Wildman–Crippen LogP) is 5.17. The van der Waals surface area contributed by atoms with Crippen molar-refractivity contribution in [2.45, 2.75) is 92.1 Å². The summed E-state index contributed by atoms with van der Waals surface area (Å²) in [5, 5.41) is 0. The van der Waals surface area contributed by atoms with Crippen LogP contribution in [0.4, 0.5) is 0 Å². The van der Waals surface area contributed by atoms with Gasteiger partial charge in [-0.2, -0.15) is 0 Å². The zero-order chi connectivity index (χ0) is 31.4. The van der Waals surface area contributed by atoms with Gasteiger partial charge in [0.25, 0.3) is 0 Å². The highest BCUT2D eigenvalue weighted by Gasteiger charge is 2.62. The standard InChI is InChI=1S/C33H42O9/c1-19-14-15-32(7,8)28(37)17-27(39-22(4)34)20(2)16-26-29(41-31(38)25-12-10-9-11-13-25)21(3)18-33(26,42-24(6)36)30(19)40-23(5)35/h9-16,19,21,26-27,29-30H,17-18H2,1-8H3/b15-14-,20-16+/t19-,21-,26+,27-,29+,30?,33-/m1/s1. The molecule has 2 aliphatic carbocycles. The van der Waals surface area contributed by atoms with Crippen LogP contribution in [0.1, 0.15) is 78.6 Å². The largest absolute Gasteiger partial charge is 0.458 e. The summed E-state index contributed by atoms with van der Waals surface area (Å²) in [6.07, 6.45) is 2.67. The number of ketones is 1. The van der Waals surface area contributed by atoms with Crippen LogP contribution in [0.25, 0.3) is 0 Å². The number of Topliss-reactive ketones (excluding diaryl/α,β-unsaturated/α-hetero) is 1. The van der Waals surface area contributed by atoms with Crippen LogP contribution in [0.15, 0.2) is 54.1 Å². The topological polar surface area (TPSA) is 122 Å². The Morgan fingerprint density at radius 2 is 1.50 bits per heavy atom. The van der Waals surface area contributed by atoms with Crippen LogP contribution in [-0.2, 0) is 38.1 Å². The first-order valence-corrected chi connectivity index (χ1v) is 14.3. The molecule has 1 saturated carbocycles. The SMILES string of the molecule is CC(=O)OC1[C@H](C)/C=C\C(C)(C)C(=O)C[C@@H](OC(C)=O)/C(C)=C/[C@H]2[C@@H](OC(=O)c3ccccc3)[C@H](C)C[C@]12OC(C)=O. The van der Waals surface area contributed by atoms with Gasteiger partial charge in [0.05, 0.1) is 11.5 Å². The van der Waals surface area contributed by atoms with Crippen molar-refractivity contribution in [3.63, 3.8) is 0 Å². The van der Waals surface area contributed by atoms with E-state index in [9.17, 15) is 24.0 Å². The highest BCUT2D eigenvalue weighted by Crippen LogP contribution is 2.51. The molecule has 0 aliphatic heterocycles. The quantitative estimate of drug-likeness (QED) is 0.263. The molecule has 228 valence electrons. The van der Waals surface area contributed by atoms with Gasteiger partial charge in [0.2, 0.25) is 0 Å². The average Bonchev–Trinajstić information content (AvgIpc) is 3.14. The number of hydrogen-bond acceptors (Lipinski definition) is 9. The number of esters is 4. The molecule has 9 nitrogen and oxygen atoms in total. The molecule has 0 spiro atoms. The van der Waals surface area contributed by atoms with Crippen molar-refractivity contribution in [3.05, 3.63) is 59.7 Å². The minimum absolute atomic E-state index is 0.0850. The van der Waals surface area contributed by atoms with Gasteiger partial charge in [-0.15, -0.1) is 0 Å². The van der Waals surface area contributed by atoms with E-state index in [-0.39, 0.29) is 24.5 Å². The second kappa shape index (κ2) is 13.0. The summed E-state index contributed by atoms with van der Waals surface area (Å²) in [6.45, 7) is 12.8. The van der Waals surface area contributed by atoms with Gasteiger partial charge in [0.1, 0.15) is 24.1 Å². The first-order valence-electron chi connectivity index (χ1n) is 14.3. The van der Waals surface area contributed by atoms with Gasteiger partial charge in [-0.25, -0.2) is 4.79 Å². The first-order chi connectivity index (χ1) is 19.6. The summed E-state index contributed by atoms with van der Waals surface area (Å²) in [6, 6.07) is 8.52. The fourth-order valence-corrected chi connectivity index (χ4v) is 6.05. The second-order valence-corrected chi connectivity index (χ2v) is 12.1. The monoisotopic (exact) mass is 582 g/mol. The van der Waals surface area contributed by atoms with Crippen molar-refractivity contribution in [3.8, 4) is 0 Å². The Morgan fingerprint density at radius 1 is 0.881 bits per heavy atom. The maximum Gasteiger partial charge on any atom is 0.338 e. The fourth-order valence-electron chi connectivity index (χ4n) is 6.05. The lowest BCUT2D eigenvalue weighted by Gasteiger charge is -2.43. The summed E-state index contributed by atoms with van der Waals surface area (Å²) >= 11 is 0. The third-order valence-electron chi connectivity index (χ3n) is 8.12. The van der Waals surface area contributed by atoms with Crippen LogP contribution >= 0.6 is 0 Å². The van der Waals surface area contributed by atoms with Crippen LogP contribution in [-0.4, -0.2) is 53.6 Å². The number of benzene rings is 1. The van der Waals surface area contributed by atoms with Gasteiger partial charge in [-0.05, 0) is 50.8 Å². The predicted molar refractivity (Wildman–Crippen MR) is 154 cm³/mol. The van der Waals surface area contributed by atoms with E-state index in [1.54, 1.807) is 69.3 Å². The molecule has 0 bridgehead atoms. The lowest BCUT2D eigenvalue weighted by atomic mass is 9.75. The Kier molecular flexibility index (Phi) is 10.2. The lowest BCUT2D eigenvalue weighted by molar-refractivity contribution is -0.195. The van der Waals surface area contributed by atoms with Crippen LogP contribution < -0.4 is 0 Å². The maximum absolute atomic E-state index is 13.4. The van der Waals surface area contributed by atoms with E-state index in [4.69, 9.17) is 18.9 Å². The highest BCUT2D eigenvalue weighted by atomic mass is 16.6. The van der Waals surface area contributed by atoms with Crippen LogP contribution in [0.3, 0.4) is 0 Å². The molecular weight excluding hydrogens is 540 g/mol. The lowest BCUT2D eigenvalue weighted by Crippen LogP contribution is -2.55. The summed E-state index contributed by atoms with van der Waals surface area (Å²) < 4.78 is 23.8. The molecule has 7 atom stereocenters. The minimum atomic E-state index is -1.45. The zero-order valence-corrected chi connectivity index (χ0v) is 25.7. The van der Waals surface area contributed by atoms with Crippen molar-refractivity contribution >= 4 is 29.7 Å². The van der Waals surface area contributed by atoms with Gasteiger partial charge < -0.3 is 18.9 Å². The van der Waals surface area contributed by atoms with Crippen molar-refractivity contribution in [1.82, 2.24) is 0 Å². The highest BCUT2D eigenvalue weighted by molar-refractivity contribution is 5.89. The molecule has 1 fully saturated rings. The van der Waals surface area contributed by atoms with E-state index < -0.39 is 65.0 Å². The van der Waals surface area contributed by atoms with Crippen LogP contribution in [0.2, 0.25) is 0 Å². The molecular formula is C33H42O9. The molecule has 0 aromatic heterocycles. The van der Waals surface area contributed by atoms with E-state index in [0.29, 0.717) is 11.1 Å². The summed E-state index contributed by atoms with van der Waals surface area (Å²) in [5.74, 6) is -4.12. The van der Waals surface area contributed by atoms with Gasteiger partial charge in [0.15, 0.2) is 5.60 Å². The number of ether oxygens (including phenoxy) is 4.